The lowest BCUT2D eigenvalue weighted by Gasteiger charge is -2.55. The van der Waals surface area contributed by atoms with Gasteiger partial charge in [0.05, 0.1) is 0 Å². The van der Waals surface area contributed by atoms with Gasteiger partial charge >= 0.3 is 0 Å². The molecule has 1 aromatic carbocycles. The fraction of sp³-hybridized carbons (Fsp3) is 0.636. The molecule has 2 amide bonds. The van der Waals surface area contributed by atoms with Crippen molar-refractivity contribution < 1.29 is 9.59 Å². The van der Waals surface area contributed by atoms with Crippen molar-refractivity contribution in [2.45, 2.75) is 56.3 Å². The molecule has 0 saturated heterocycles. The molecule has 0 heterocycles. The Hall–Kier alpha value is -1.49. The summed E-state index contributed by atoms with van der Waals surface area (Å²) in [6.45, 7) is 0.597. The largest absolute Gasteiger partial charge is 0.356 e. The van der Waals surface area contributed by atoms with Gasteiger partial charge in [-0.1, -0.05) is 0 Å². The smallest absolute Gasteiger partial charge is 0.226 e. The van der Waals surface area contributed by atoms with Crippen LogP contribution in [0, 0.1) is 23.2 Å². The second kappa shape index (κ2) is 7.86. The molecular formula is C22H30N2O2S. The first-order valence-electron chi connectivity index (χ1n) is 10.3. The number of hydrogen-bond acceptors (Lipinski definition) is 3. The number of rotatable bonds is 7. The van der Waals surface area contributed by atoms with E-state index in [2.05, 4.69) is 10.6 Å². The summed E-state index contributed by atoms with van der Waals surface area (Å²) < 4.78 is 0. The van der Waals surface area contributed by atoms with Crippen LogP contribution in [-0.4, -0.2) is 24.6 Å². The monoisotopic (exact) mass is 386 g/mol. The zero-order valence-electron chi connectivity index (χ0n) is 16.1. The Kier molecular flexibility index (Phi) is 5.49. The van der Waals surface area contributed by atoms with Crippen molar-refractivity contribution in [3.05, 3.63) is 24.3 Å². The van der Waals surface area contributed by atoms with Crippen LogP contribution in [0.5, 0.6) is 0 Å². The Morgan fingerprint density at radius 2 is 1.63 bits per heavy atom. The molecule has 0 radical (unpaired) electrons. The molecule has 146 valence electrons. The molecule has 0 unspecified atom stereocenters. The van der Waals surface area contributed by atoms with Gasteiger partial charge in [0.15, 0.2) is 0 Å². The Balaban J connectivity index is 1.19. The average Bonchev–Trinajstić information content (AvgIpc) is 2.64. The summed E-state index contributed by atoms with van der Waals surface area (Å²) in [5.41, 5.74) is 0.742. The van der Waals surface area contributed by atoms with E-state index in [1.807, 2.05) is 30.5 Å². The van der Waals surface area contributed by atoms with Gasteiger partial charge in [-0.15, -0.1) is 11.8 Å². The Morgan fingerprint density at radius 3 is 2.19 bits per heavy atom. The lowest BCUT2D eigenvalue weighted by Crippen LogP contribution is -2.53. The highest BCUT2D eigenvalue weighted by Gasteiger charge is 2.54. The van der Waals surface area contributed by atoms with Crippen molar-refractivity contribution in [1.29, 1.82) is 0 Å². The van der Waals surface area contributed by atoms with Gasteiger partial charge in [0, 0.05) is 29.0 Å². The number of carbonyl (C=O) groups is 2. The van der Waals surface area contributed by atoms with Crippen LogP contribution in [0.15, 0.2) is 29.2 Å². The average molecular weight is 387 g/mol. The standard InChI is InChI=1S/C22H30N2O2S/c1-27-19-6-4-18(5-7-19)24-20(25)3-2-8-23-21(26)22-12-15-9-16(13-22)11-17(10-15)14-22/h4-7,15-17H,2-3,8-14H2,1H3,(H,23,26)(H,24,25). The highest BCUT2D eigenvalue weighted by atomic mass is 32.2. The van der Waals surface area contributed by atoms with Gasteiger partial charge in [-0.25, -0.2) is 0 Å². The van der Waals surface area contributed by atoms with E-state index < -0.39 is 0 Å². The second-order valence-electron chi connectivity index (χ2n) is 8.83. The summed E-state index contributed by atoms with van der Waals surface area (Å²) in [6, 6.07) is 7.87. The minimum Gasteiger partial charge on any atom is -0.356 e. The van der Waals surface area contributed by atoms with Crippen molar-refractivity contribution in [2.24, 2.45) is 23.2 Å². The predicted octanol–water partition coefficient (Wildman–Crippen LogP) is 4.46. The molecule has 0 atom stereocenters. The normalized spacial score (nSPS) is 30.9. The highest BCUT2D eigenvalue weighted by molar-refractivity contribution is 7.98. The van der Waals surface area contributed by atoms with E-state index >= 15 is 0 Å². The molecule has 4 nitrogen and oxygen atoms in total. The SMILES string of the molecule is CSc1ccc(NC(=O)CCCNC(=O)C23CC4CC(CC(C4)C2)C3)cc1. The van der Waals surface area contributed by atoms with Crippen molar-refractivity contribution in [3.8, 4) is 0 Å². The molecule has 1 aromatic rings. The number of thioether (sulfide) groups is 1. The van der Waals surface area contributed by atoms with Gasteiger partial charge in [0.2, 0.25) is 11.8 Å². The summed E-state index contributed by atoms with van der Waals surface area (Å²) in [5, 5.41) is 6.08. The third kappa shape index (κ3) is 4.18. The molecule has 0 spiro atoms. The molecule has 0 aliphatic heterocycles. The summed E-state index contributed by atoms with van der Waals surface area (Å²) in [6.07, 6.45) is 10.5. The number of hydrogen-bond donors (Lipinski definition) is 2. The number of carbonyl (C=O) groups excluding carboxylic acids is 2. The predicted molar refractivity (Wildman–Crippen MR) is 110 cm³/mol. The Morgan fingerprint density at radius 1 is 1.04 bits per heavy atom. The van der Waals surface area contributed by atoms with E-state index in [-0.39, 0.29) is 17.2 Å². The molecule has 2 N–H and O–H groups in total. The molecule has 5 rings (SSSR count). The van der Waals surface area contributed by atoms with Crippen LogP contribution in [0.25, 0.3) is 0 Å². The molecule has 4 bridgehead atoms. The van der Waals surface area contributed by atoms with Crippen LogP contribution in [0.4, 0.5) is 5.69 Å². The lowest BCUT2D eigenvalue weighted by molar-refractivity contribution is -0.146. The van der Waals surface area contributed by atoms with Gasteiger partial charge < -0.3 is 10.6 Å². The van der Waals surface area contributed by atoms with Crippen molar-refractivity contribution in [2.75, 3.05) is 18.1 Å². The molecular weight excluding hydrogens is 356 g/mol. The summed E-state index contributed by atoms with van der Waals surface area (Å²) in [5.74, 6) is 2.62. The van der Waals surface area contributed by atoms with E-state index in [4.69, 9.17) is 0 Å². The van der Waals surface area contributed by atoms with Crippen LogP contribution in [0.3, 0.4) is 0 Å². The summed E-state index contributed by atoms with van der Waals surface area (Å²) in [7, 11) is 0. The fourth-order valence-electron chi connectivity index (χ4n) is 5.92. The fourth-order valence-corrected chi connectivity index (χ4v) is 6.33. The molecule has 4 aliphatic carbocycles. The zero-order chi connectivity index (χ0) is 18.9. The maximum absolute atomic E-state index is 12.9. The molecule has 5 heteroatoms. The van der Waals surface area contributed by atoms with Gasteiger partial charge in [-0.3, -0.25) is 9.59 Å². The molecule has 27 heavy (non-hydrogen) atoms. The van der Waals surface area contributed by atoms with Crippen LogP contribution in [0.1, 0.15) is 51.4 Å². The minimum atomic E-state index is -0.0873. The topological polar surface area (TPSA) is 58.2 Å². The third-order valence-electron chi connectivity index (χ3n) is 6.76. The van der Waals surface area contributed by atoms with Gasteiger partial charge in [-0.05, 0) is 93.2 Å². The highest BCUT2D eigenvalue weighted by Crippen LogP contribution is 2.60. The Labute approximate surface area is 166 Å². The molecule has 4 saturated carbocycles. The van der Waals surface area contributed by atoms with E-state index in [0.29, 0.717) is 19.4 Å². The summed E-state index contributed by atoms with van der Waals surface area (Å²) in [4.78, 5) is 26.2. The zero-order valence-corrected chi connectivity index (χ0v) is 16.9. The van der Waals surface area contributed by atoms with Crippen LogP contribution < -0.4 is 10.6 Å². The number of anilines is 1. The van der Waals surface area contributed by atoms with E-state index in [1.54, 1.807) is 11.8 Å². The first-order valence-corrected chi connectivity index (χ1v) is 11.5. The minimum absolute atomic E-state index is 0.0101. The van der Waals surface area contributed by atoms with Crippen molar-refractivity contribution >= 4 is 29.3 Å². The lowest BCUT2D eigenvalue weighted by atomic mass is 9.49. The molecule has 0 aromatic heterocycles. The summed E-state index contributed by atoms with van der Waals surface area (Å²) >= 11 is 1.68. The third-order valence-corrected chi connectivity index (χ3v) is 7.50. The quantitative estimate of drug-likeness (QED) is 0.537. The van der Waals surface area contributed by atoms with Crippen LogP contribution >= 0.6 is 11.8 Å². The van der Waals surface area contributed by atoms with Gasteiger partial charge in [0.1, 0.15) is 0 Å². The van der Waals surface area contributed by atoms with E-state index in [0.717, 1.165) is 42.7 Å². The first-order chi connectivity index (χ1) is 13.1. The molecule has 4 fully saturated rings. The number of amides is 2. The van der Waals surface area contributed by atoms with Crippen molar-refractivity contribution in [3.63, 3.8) is 0 Å². The second-order valence-corrected chi connectivity index (χ2v) is 9.71. The van der Waals surface area contributed by atoms with Crippen LogP contribution in [0.2, 0.25) is 0 Å². The van der Waals surface area contributed by atoms with E-state index in [9.17, 15) is 9.59 Å². The maximum atomic E-state index is 12.9. The van der Waals surface area contributed by atoms with E-state index in [1.165, 1.54) is 24.2 Å². The number of benzene rings is 1. The number of nitrogens with one attached hydrogen (secondary N) is 2. The maximum Gasteiger partial charge on any atom is 0.226 e. The first kappa shape index (κ1) is 18.9. The van der Waals surface area contributed by atoms with Gasteiger partial charge in [-0.2, -0.15) is 0 Å². The van der Waals surface area contributed by atoms with Gasteiger partial charge in [0.25, 0.3) is 0 Å². The Bertz CT molecular complexity index is 665. The van der Waals surface area contributed by atoms with Crippen molar-refractivity contribution in [1.82, 2.24) is 5.32 Å². The molecule has 4 aliphatic rings. The van der Waals surface area contributed by atoms with Crippen LogP contribution in [-0.2, 0) is 9.59 Å².